The van der Waals surface area contributed by atoms with Gasteiger partial charge in [-0.25, -0.2) is 4.98 Å². The van der Waals surface area contributed by atoms with E-state index in [4.69, 9.17) is 0 Å². The first kappa shape index (κ1) is 14.1. The summed E-state index contributed by atoms with van der Waals surface area (Å²) in [5.41, 5.74) is 5.35. The van der Waals surface area contributed by atoms with Crippen LogP contribution in [0.4, 0.5) is 5.82 Å². The van der Waals surface area contributed by atoms with Gasteiger partial charge in [0.2, 0.25) is 0 Å². The van der Waals surface area contributed by atoms with Gasteiger partial charge >= 0.3 is 0 Å². The molecule has 2 heterocycles. The minimum atomic E-state index is 0.999. The van der Waals surface area contributed by atoms with Crippen LogP contribution < -0.4 is 5.32 Å². The van der Waals surface area contributed by atoms with E-state index in [2.05, 4.69) is 59.4 Å². The molecule has 0 unspecified atom stereocenters. The number of rotatable bonds is 5. The summed E-state index contributed by atoms with van der Waals surface area (Å²) in [4.78, 5) is 6.84. The van der Waals surface area contributed by atoms with Gasteiger partial charge in [0.05, 0.1) is 0 Å². The fourth-order valence-corrected chi connectivity index (χ4v) is 2.97. The van der Waals surface area contributed by atoms with Gasteiger partial charge in [-0.05, 0) is 42.3 Å². The van der Waals surface area contributed by atoms with E-state index in [-0.39, 0.29) is 0 Å². The second-order valence-corrected chi connectivity index (χ2v) is 5.52. The van der Waals surface area contributed by atoms with Gasteiger partial charge in [0, 0.05) is 24.8 Å². The molecule has 0 aliphatic carbocycles. The first-order chi connectivity index (χ1) is 10.3. The van der Waals surface area contributed by atoms with E-state index in [0.717, 1.165) is 38.4 Å². The van der Waals surface area contributed by atoms with Gasteiger partial charge in [-0.1, -0.05) is 38.1 Å². The van der Waals surface area contributed by atoms with E-state index < -0.39 is 0 Å². The molecule has 2 aromatic rings. The van der Waals surface area contributed by atoms with Crippen molar-refractivity contribution in [2.75, 3.05) is 25.0 Å². The number of fused-ring (bicyclic) bond motifs is 1. The Labute approximate surface area is 127 Å². The Balaban J connectivity index is 1.83. The van der Waals surface area contributed by atoms with Gasteiger partial charge in [-0.15, -0.1) is 0 Å². The summed E-state index contributed by atoms with van der Waals surface area (Å²) in [6.07, 6.45) is 2.97. The van der Waals surface area contributed by atoms with Crippen molar-refractivity contribution in [2.45, 2.75) is 26.8 Å². The Kier molecular flexibility index (Phi) is 4.20. The number of nitrogens with one attached hydrogen (secondary N) is 1. The van der Waals surface area contributed by atoms with Crippen molar-refractivity contribution in [1.29, 1.82) is 0 Å². The van der Waals surface area contributed by atoms with E-state index in [1.54, 1.807) is 0 Å². The third kappa shape index (κ3) is 2.93. The number of hydrogen-bond acceptors (Lipinski definition) is 3. The number of hydrogen-bond donors (Lipinski definition) is 1. The average molecular weight is 281 g/mol. The lowest BCUT2D eigenvalue weighted by atomic mass is 9.99. The minimum Gasteiger partial charge on any atom is -0.369 e. The maximum atomic E-state index is 4.41. The van der Waals surface area contributed by atoms with Crippen molar-refractivity contribution in [3.8, 4) is 11.1 Å². The normalized spacial score (nSPS) is 13.3. The third-order valence-electron chi connectivity index (χ3n) is 4.29. The molecule has 1 aliphatic heterocycles. The zero-order chi connectivity index (χ0) is 14.7. The Bertz CT molecular complexity index is 600. The molecular weight excluding hydrogens is 258 g/mol. The lowest BCUT2D eigenvalue weighted by molar-refractivity contribution is 0.296. The quantitative estimate of drug-likeness (QED) is 0.908. The van der Waals surface area contributed by atoms with Gasteiger partial charge < -0.3 is 5.32 Å². The smallest absolute Gasteiger partial charge is 0.129 e. The van der Waals surface area contributed by atoms with Gasteiger partial charge in [0.25, 0.3) is 0 Å². The van der Waals surface area contributed by atoms with Gasteiger partial charge in [0.1, 0.15) is 5.82 Å². The van der Waals surface area contributed by atoms with Crippen molar-refractivity contribution in [3.05, 3.63) is 47.7 Å². The maximum absolute atomic E-state index is 4.41. The third-order valence-corrected chi connectivity index (χ3v) is 4.29. The van der Waals surface area contributed by atoms with Crippen LogP contribution in [0.1, 0.15) is 25.0 Å². The van der Waals surface area contributed by atoms with Crippen LogP contribution in [0.25, 0.3) is 11.1 Å². The molecule has 0 radical (unpaired) electrons. The Morgan fingerprint density at radius 1 is 1.10 bits per heavy atom. The number of benzene rings is 1. The molecule has 0 atom stereocenters. The van der Waals surface area contributed by atoms with E-state index in [9.17, 15) is 0 Å². The summed E-state index contributed by atoms with van der Waals surface area (Å²) in [7, 11) is 0. The largest absolute Gasteiger partial charge is 0.369 e. The highest BCUT2D eigenvalue weighted by Gasteiger charge is 2.16. The van der Waals surface area contributed by atoms with E-state index >= 15 is 0 Å². The lowest BCUT2D eigenvalue weighted by Gasteiger charge is -2.18. The van der Waals surface area contributed by atoms with Crippen LogP contribution in [0.15, 0.2) is 36.5 Å². The highest BCUT2D eigenvalue weighted by Crippen LogP contribution is 2.31. The second kappa shape index (κ2) is 6.27. The first-order valence-corrected chi connectivity index (χ1v) is 7.85. The zero-order valence-electron chi connectivity index (χ0n) is 12.9. The molecule has 0 saturated heterocycles. The second-order valence-electron chi connectivity index (χ2n) is 5.52. The van der Waals surface area contributed by atoms with E-state index in [1.807, 2.05) is 6.20 Å². The molecule has 110 valence electrons. The molecule has 3 nitrogen and oxygen atoms in total. The molecule has 21 heavy (non-hydrogen) atoms. The number of anilines is 1. The molecule has 0 fully saturated rings. The fraction of sp³-hybridized carbons (Fsp3) is 0.389. The molecular formula is C18H23N3. The van der Waals surface area contributed by atoms with Crippen LogP contribution in [0.5, 0.6) is 0 Å². The van der Waals surface area contributed by atoms with Crippen molar-refractivity contribution in [3.63, 3.8) is 0 Å². The van der Waals surface area contributed by atoms with Crippen LogP contribution in [0.2, 0.25) is 0 Å². The molecule has 1 aromatic carbocycles. The molecule has 0 bridgehead atoms. The molecule has 3 heteroatoms. The van der Waals surface area contributed by atoms with Crippen LogP contribution >= 0.6 is 0 Å². The maximum Gasteiger partial charge on any atom is 0.129 e. The molecule has 1 aromatic heterocycles. The highest BCUT2D eigenvalue weighted by molar-refractivity contribution is 5.73. The van der Waals surface area contributed by atoms with Gasteiger partial charge in [-0.3, -0.25) is 4.90 Å². The summed E-state index contributed by atoms with van der Waals surface area (Å²) < 4.78 is 0. The molecule has 1 aliphatic rings. The summed E-state index contributed by atoms with van der Waals surface area (Å²) in [6, 6.07) is 11.1. The van der Waals surface area contributed by atoms with Crippen molar-refractivity contribution < 1.29 is 0 Å². The molecule has 3 rings (SSSR count). The monoisotopic (exact) mass is 281 g/mol. The van der Waals surface area contributed by atoms with Gasteiger partial charge in [0.15, 0.2) is 0 Å². The molecule has 0 saturated carbocycles. The summed E-state index contributed by atoms with van der Waals surface area (Å²) in [5, 5.41) is 3.35. The minimum absolute atomic E-state index is 0.999. The van der Waals surface area contributed by atoms with Crippen LogP contribution in [0, 0.1) is 0 Å². The standard InChI is InChI=1S/C18H23N3/c1-3-21(4-2)13-14-5-7-15(8-6-14)16-9-11-19-18-17(16)10-12-20-18/h5-9,11H,3-4,10,12-13H2,1-2H3,(H,19,20). The Hall–Kier alpha value is -1.87. The SMILES string of the molecule is CCN(CC)Cc1ccc(-c2ccnc3c2CCN3)cc1. The van der Waals surface area contributed by atoms with Crippen LogP contribution in [-0.4, -0.2) is 29.5 Å². The predicted octanol–water partition coefficient (Wildman–Crippen LogP) is 3.56. The fourth-order valence-electron chi connectivity index (χ4n) is 2.97. The molecule has 0 amide bonds. The summed E-state index contributed by atoms with van der Waals surface area (Å²) in [5.74, 6) is 1.06. The lowest BCUT2D eigenvalue weighted by Crippen LogP contribution is -2.21. The summed E-state index contributed by atoms with van der Waals surface area (Å²) in [6.45, 7) is 8.66. The van der Waals surface area contributed by atoms with Gasteiger partial charge in [-0.2, -0.15) is 0 Å². The zero-order valence-corrected chi connectivity index (χ0v) is 12.9. The molecule has 1 N–H and O–H groups in total. The first-order valence-electron chi connectivity index (χ1n) is 7.85. The Morgan fingerprint density at radius 3 is 2.57 bits per heavy atom. The van der Waals surface area contributed by atoms with Crippen LogP contribution in [-0.2, 0) is 13.0 Å². The summed E-state index contributed by atoms with van der Waals surface area (Å²) >= 11 is 0. The van der Waals surface area contributed by atoms with Crippen molar-refractivity contribution in [1.82, 2.24) is 9.88 Å². The number of pyridine rings is 1. The average Bonchev–Trinajstić information content (AvgIpc) is 3.02. The van der Waals surface area contributed by atoms with Crippen LogP contribution in [0.3, 0.4) is 0 Å². The van der Waals surface area contributed by atoms with E-state index in [0.29, 0.717) is 0 Å². The predicted molar refractivity (Wildman–Crippen MR) is 88.5 cm³/mol. The Morgan fingerprint density at radius 2 is 1.86 bits per heavy atom. The van der Waals surface area contributed by atoms with Crippen molar-refractivity contribution >= 4 is 5.82 Å². The van der Waals surface area contributed by atoms with Crippen molar-refractivity contribution in [2.24, 2.45) is 0 Å². The number of aromatic nitrogens is 1. The topological polar surface area (TPSA) is 28.2 Å². The molecule has 0 spiro atoms. The highest BCUT2D eigenvalue weighted by atomic mass is 15.1. The van der Waals surface area contributed by atoms with E-state index in [1.165, 1.54) is 22.3 Å². The number of nitrogens with zero attached hydrogens (tertiary/aromatic N) is 2.